The zero-order valence-electron chi connectivity index (χ0n) is 18.9. The van der Waals surface area contributed by atoms with Gasteiger partial charge in [0.25, 0.3) is 0 Å². The van der Waals surface area contributed by atoms with Crippen molar-refractivity contribution >= 4 is 58.2 Å². The lowest BCUT2D eigenvalue weighted by atomic mass is 9.97. The first kappa shape index (κ1) is 27.3. The normalized spacial score (nSPS) is 23.7. The number of ether oxygens (including phenoxy) is 5. The van der Waals surface area contributed by atoms with E-state index >= 15 is 0 Å². The lowest BCUT2D eigenvalue weighted by Crippen LogP contribution is -2.66. The third-order valence-corrected chi connectivity index (χ3v) is 5.33. The predicted octanol–water partition coefficient (Wildman–Crippen LogP) is 1.50. The van der Waals surface area contributed by atoms with Crippen molar-refractivity contribution in [1.82, 2.24) is 5.32 Å². The second-order valence-electron chi connectivity index (χ2n) is 7.20. The van der Waals surface area contributed by atoms with Crippen LogP contribution in [-0.2, 0) is 42.9 Å². The largest absolute Gasteiger partial charge is 0.463 e. The molecule has 12 nitrogen and oxygen atoms in total. The van der Waals surface area contributed by atoms with Crippen LogP contribution in [0.1, 0.15) is 27.7 Å². The highest BCUT2D eigenvalue weighted by atomic mass is 127. The molecule has 5 atom stereocenters. The van der Waals surface area contributed by atoms with Crippen LogP contribution in [0.25, 0.3) is 0 Å². The fraction of sp³-hybridized carbons (Fsp3) is 0.476. The van der Waals surface area contributed by atoms with Gasteiger partial charge in [-0.25, -0.2) is 4.79 Å². The molecule has 1 saturated heterocycles. The Balaban J connectivity index is 2.37. The number of halogens is 1. The van der Waals surface area contributed by atoms with Crippen molar-refractivity contribution in [2.75, 3.05) is 11.9 Å². The molecule has 2 N–H and O–H groups in total. The molecule has 0 radical (unpaired) electrons. The third kappa shape index (κ3) is 8.13. The van der Waals surface area contributed by atoms with Gasteiger partial charge in [0.15, 0.2) is 24.5 Å². The molecule has 2 amide bonds. The van der Waals surface area contributed by atoms with E-state index in [1.807, 2.05) is 22.6 Å². The molecule has 1 aromatic rings. The molecule has 1 aliphatic rings. The van der Waals surface area contributed by atoms with Crippen LogP contribution in [-0.4, -0.2) is 67.2 Å². The van der Waals surface area contributed by atoms with Gasteiger partial charge in [-0.3, -0.25) is 19.2 Å². The number of rotatable bonds is 7. The lowest BCUT2D eigenvalue weighted by Gasteiger charge is -2.44. The predicted molar refractivity (Wildman–Crippen MR) is 123 cm³/mol. The number of anilines is 1. The van der Waals surface area contributed by atoms with Gasteiger partial charge in [0.1, 0.15) is 12.7 Å². The van der Waals surface area contributed by atoms with Gasteiger partial charge in [0.2, 0.25) is 0 Å². The Morgan fingerprint density at radius 3 is 1.97 bits per heavy atom. The van der Waals surface area contributed by atoms with Gasteiger partial charge in [0.05, 0.1) is 5.69 Å². The molecule has 1 aliphatic heterocycles. The van der Waals surface area contributed by atoms with Crippen molar-refractivity contribution in [3.63, 3.8) is 0 Å². The highest BCUT2D eigenvalue weighted by Crippen LogP contribution is 2.28. The summed E-state index contributed by atoms with van der Waals surface area (Å²) in [6.45, 7) is 4.11. The van der Waals surface area contributed by atoms with Gasteiger partial charge >= 0.3 is 29.9 Å². The Morgan fingerprint density at radius 2 is 1.41 bits per heavy atom. The first-order valence-electron chi connectivity index (χ1n) is 10.1. The molecule has 0 saturated carbocycles. The SMILES string of the molecule is CC(=O)OC[C@@H]1O[C@H](NC(=O)Nc2ccccc2I)[C@H](OC(C)=O)[C@H](OC(C)=O)[C@@H]1OC(C)=O. The first-order valence-corrected chi connectivity index (χ1v) is 11.2. The summed E-state index contributed by atoms with van der Waals surface area (Å²) in [5, 5.41) is 5.16. The highest BCUT2D eigenvalue weighted by molar-refractivity contribution is 14.1. The van der Waals surface area contributed by atoms with Gasteiger partial charge in [0, 0.05) is 31.3 Å². The van der Waals surface area contributed by atoms with E-state index in [0.29, 0.717) is 5.69 Å². The maximum atomic E-state index is 12.7. The minimum absolute atomic E-state index is 0.395. The number of hydrogen-bond donors (Lipinski definition) is 2. The summed E-state index contributed by atoms with van der Waals surface area (Å²) >= 11 is 2.04. The monoisotopic (exact) mass is 592 g/mol. The van der Waals surface area contributed by atoms with E-state index in [2.05, 4.69) is 10.6 Å². The number of urea groups is 1. The van der Waals surface area contributed by atoms with E-state index in [1.54, 1.807) is 24.3 Å². The van der Waals surface area contributed by atoms with Crippen LogP contribution in [0.4, 0.5) is 10.5 Å². The van der Waals surface area contributed by atoms with E-state index in [1.165, 1.54) is 6.92 Å². The second kappa shape index (κ2) is 12.5. The molecule has 1 fully saturated rings. The van der Waals surface area contributed by atoms with Crippen LogP contribution in [0.3, 0.4) is 0 Å². The van der Waals surface area contributed by atoms with Gasteiger partial charge in [-0.15, -0.1) is 0 Å². The Kier molecular flexibility index (Phi) is 10.0. The van der Waals surface area contributed by atoms with Crippen molar-refractivity contribution in [2.24, 2.45) is 0 Å². The van der Waals surface area contributed by atoms with Gasteiger partial charge in [-0.2, -0.15) is 0 Å². The summed E-state index contributed by atoms with van der Waals surface area (Å²) in [4.78, 5) is 59.4. The van der Waals surface area contributed by atoms with Crippen molar-refractivity contribution in [3.8, 4) is 0 Å². The molecule has 1 heterocycles. The van der Waals surface area contributed by atoms with Crippen LogP contribution in [0, 0.1) is 3.57 Å². The smallest absolute Gasteiger partial charge is 0.321 e. The Labute approximate surface area is 209 Å². The number of amides is 2. The third-order valence-electron chi connectivity index (χ3n) is 4.39. The first-order chi connectivity index (χ1) is 16.0. The Morgan fingerprint density at radius 1 is 0.853 bits per heavy atom. The topological polar surface area (TPSA) is 156 Å². The van der Waals surface area contributed by atoms with E-state index in [4.69, 9.17) is 23.7 Å². The van der Waals surface area contributed by atoms with Crippen LogP contribution >= 0.6 is 22.6 Å². The maximum absolute atomic E-state index is 12.7. The molecule has 0 bridgehead atoms. The molecule has 13 heteroatoms. The summed E-state index contributed by atoms with van der Waals surface area (Å²) in [7, 11) is 0. The number of nitrogens with one attached hydrogen (secondary N) is 2. The van der Waals surface area contributed by atoms with Crippen molar-refractivity contribution in [2.45, 2.75) is 58.3 Å². The number of benzene rings is 1. The van der Waals surface area contributed by atoms with Gasteiger partial charge < -0.3 is 34.3 Å². The molecule has 0 aliphatic carbocycles. The van der Waals surface area contributed by atoms with E-state index in [9.17, 15) is 24.0 Å². The number of para-hydroxylation sites is 1. The van der Waals surface area contributed by atoms with E-state index in [-0.39, 0.29) is 0 Å². The van der Waals surface area contributed by atoms with Crippen LogP contribution in [0.5, 0.6) is 0 Å². The van der Waals surface area contributed by atoms with Gasteiger partial charge in [-0.05, 0) is 34.7 Å². The minimum Gasteiger partial charge on any atom is -0.463 e. The van der Waals surface area contributed by atoms with E-state index < -0.39 is 67.2 Å². The summed E-state index contributed by atoms with van der Waals surface area (Å²) in [6.07, 6.45) is -6.59. The summed E-state index contributed by atoms with van der Waals surface area (Å²) in [5.74, 6) is -2.93. The second-order valence-corrected chi connectivity index (χ2v) is 8.36. The fourth-order valence-corrected chi connectivity index (χ4v) is 3.72. The molecular weight excluding hydrogens is 567 g/mol. The number of hydrogen-bond acceptors (Lipinski definition) is 10. The van der Waals surface area contributed by atoms with Crippen LogP contribution < -0.4 is 10.6 Å². The zero-order chi connectivity index (χ0) is 25.4. The van der Waals surface area contributed by atoms with Gasteiger partial charge in [-0.1, -0.05) is 12.1 Å². The molecule has 0 unspecified atom stereocenters. The van der Waals surface area contributed by atoms with Crippen molar-refractivity contribution < 1.29 is 47.7 Å². The number of carbonyl (C=O) groups excluding carboxylic acids is 5. The molecule has 186 valence electrons. The molecule has 0 aromatic heterocycles. The Bertz CT molecular complexity index is 940. The quantitative estimate of drug-likeness (QED) is 0.270. The molecule has 0 spiro atoms. The summed E-state index contributed by atoms with van der Waals surface area (Å²) < 4.78 is 27.5. The van der Waals surface area contributed by atoms with Crippen molar-refractivity contribution in [1.29, 1.82) is 0 Å². The van der Waals surface area contributed by atoms with E-state index in [0.717, 1.165) is 24.3 Å². The zero-order valence-corrected chi connectivity index (χ0v) is 21.0. The molecular formula is C21H25IN2O10. The lowest BCUT2D eigenvalue weighted by molar-refractivity contribution is -0.255. The highest BCUT2D eigenvalue weighted by Gasteiger charge is 2.52. The number of carbonyl (C=O) groups is 5. The molecule has 2 rings (SSSR count). The molecule has 34 heavy (non-hydrogen) atoms. The van der Waals surface area contributed by atoms with Crippen LogP contribution in [0.15, 0.2) is 24.3 Å². The fourth-order valence-electron chi connectivity index (χ4n) is 3.19. The standard InChI is InChI=1S/C21H25IN2O10/c1-10(25)30-9-16-17(31-11(2)26)18(32-12(3)27)19(33-13(4)28)20(34-16)24-21(29)23-15-8-6-5-7-14(15)22/h5-8,16-20H,9H2,1-4H3,(H2,23,24,29)/t16-,17+,18+,19+,20-/m0/s1. The maximum Gasteiger partial charge on any atom is 0.321 e. The average molecular weight is 592 g/mol. The van der Waals surface area contributed by atoms with Crippen LogP contribution in [0.2, 0.25) is 0 Å². The summed E-state index contributed by atoms with van der Waals surface area (Å²) in [5.41, 5.74) is 0.506. The molecule has 1 aromatic carbocycles. The number of esters is 4. The average Bonchev–Trinajstić information content (AvgIpc) is 2.71. The Hall–Kier alpha value is -2.94. The van der Waals surface area contributed by atoms with Crippen molar-refractivity contribution in [3.05, 3.63) is 27.8 Å². The minimum atomic E-state index is -1.39. The summed E-state index contributed by atoms with van der Waals surface area (Å²) in [6, 6.07) is 6.26.